The highest BCUT2D eigenvalue weighted by Crippen LogP contribution is 2.08. The molecule has 84 valence electrons. The molecule has 2 rings (SSSR count). The number of hydrogen-bond donors (Lipinski definition) is 2. The molecular weight excluding hydrogens is 204 g/mol. The van der Waals surface area contributed by atoms with E-state index in [4.69, 9.17) is 0 Å². The Morgan fingerprint density at radius 3 is 2.69 bits per heavy atom. The number of amides is 1. The van der Waals surface area contributed by atoms with Crippen LogP contribution in [-0.4, -0.2) is 20.7 Å². The average molecular weight is 218 g/mol. The van der Waals surface area contributed by atoms with Crippen LogP contribution in [0.4, 0.5) is 5.69 Å². The molecule has 0 radical (unpaired) electrons. The van der Waals surface area contributed by atoms with Gasteiger partial charge in [0.2, 0.25) is 5.91 Å². The predicted octanol–water partition coefficient (Wildman–Crippen LogP) is 1.47. The number of aryl methyl sites for hydroxylation is 2. The molecule has 0 aliphatic rings. The van der Waals surface area contributed by atoms with Crippen LogP contribution in [0.15, 0.2) is 24.5 Å². The lowest BCUT2D eigenvalue weighted by molar-refractivity contribution is -0.116. The lowest BCUT2D eigenvalue weighted by atomic mass is 10.4. The zero-order valence-electron chi connectivity index (χ0n) is 9.32. The van der Waals surface area contributed by atoms with Crippen LogP contribution in [0.5, 0.6) is 0 Å². The Morgan fingerprint density at radius 2 is 2.12 bits per heavy atom. The Kier molecular flexibility index (Phi) is 2.76. The molecule has 5 heteroatoms. The first-order valence-electron chi connectivity index (χ1n) is 5.08. The predicted molar refractivity (Wildman–Crippen MR) is 61.1 cm³/mol. The van der Waals surface area contributed by atoms with Crippen molar-refractivity contribution in [3.8, 4) is 0 Å². The molecule has 0 unspecified atom stereocenters. The van der Waals surface area contributed by atoms with E-state index in [1.165, 1.54) is 0 Å². The van der Waals surface area contributed by atoms with Crippen LogP contribution in [0, 0.1) is 13.8 Å². The van der Waals surface area contributed by atoms with Gasteiger partial charge in [-0.2, -0.15) is 5.10 Å². The number of aromatic amines is 1. The molecule has 0 atom stereocenters. The lowest BCUT2D eigenvalue weighted by Gasteiger charge is -2.08. The van der Waals surface area contributed by atoms with Crippen molar-refractivity contribution in [1.82, 2.24) is 14.8 Å². The Labute approximate surface area is 93.5 Å². The molecule has 16 heavy (non-hydrogen) atoms. The van der Waals surface area contributed by atoms with Crippen molar-refractivity contribution in [3.05, 3.63) is 35.9 Å². The quantitative estimate of drug-likeness (QED) is 0.819. The Hall–Kier alpha value is -2.04. The van der Waals surface area contributed by atoms with Crippen molar-refractivity contribution >= 4 is 11.6 Å². The van der Waals surface area contributed by atoms with Crippen molar-refractivity contribution in [3.63, 3.8) is 0 Å². The Bertz CT molecular complexity index is 465. The fourth-order valence-electron chi connectivity index (χ4n) is 1.61. The zero-order chi connectivity index (χ0) is 11.5. The first-order valence-corrected chi connectivity index (χ1v) is 5.08. The number of rotatable bonds is 3. The maximum Gasteiger partial charge on any atom is 0.244 e. The van der Waals surface area contributed by atoms with Gasteiger partial charge in [-0.15, -0.1) is 0 Å². The molecule has 0 aliphatic carbocycles. The number of nitrogens with one attached hydrogen (secondary N) is 2. The third kappa shape index (κ3) is 2.13. The third-order valence-corrected chi connectivity index (χ3v) is 2.50. The molecular formula is C11H14N4O. The molecule has 2 aromatic heterocycles. The van der Waals surface area contributed by atoms with Crippen molar-refractivity contribution in [2.45, 2.75) is 20.4 Å². The molecule has 2 heterocycles. The van der Waals surface area contributed by atoms with Crippen molar-refractivity contribution in [1.29, 1.82) is 0 Å². The van der Waals surface area contributed by atoms with Gasteiger partial charge >= 0.3 is 0 Å². The minimum absolute atomic E-state index is 0.0520. The average Bonchev–Trinajstić information content (AvgIpc) is 2.83. The molecule has 2 N–H and O–H groups in total. The van der Waals surface area contributed by atoms with Gasteiger partial charge in [-0.05, 0) is 26.0 Å². The molecule has 0 aliphatic heterocycles. The van der Waals surface area contributed by atoms with Gasteiger partial charge in [-0.25, -0.2) is 0 Å². The highest BCUT2D eigenvalue weighted by Gasteiger charge is 2.07. The second-order valence-electron chi connectivity index (χ2n) is 3.74. The van der Waals surface area contributed by atoms with Gasteiger partial charge < -0.3 is 9.88 Å². The van der Waals surface area contributed by atoms with Gasteiger partial charge in [-0.1, -0.05) is 0 Å². The molecule has 2 aromatic rings. The van der Waals surface area contributed by atoms with Crippen LogP contribution in [0.3, 0.4) is 0 Å². The molecule has 0 fully saturated rings. The highest BCUT2D eigenvalue weighted by atomic mass is 16.1. The number of aromatic nitrogens is 3. The summed E-state index contributed by atoms with van der Waals surface area (Å²) in [6.45, 7) is 4.30. The van der Waals surface area contributed by atoms with Gasteiger partial charge in [0.15, 0.2) is 0 Å². The number of anilines is 1. The minimum Gasteiger partial charge on any atom is -0.340 e. The fraction of sp³-hybridized carbons (Fsp3) is 0.273. The number of carbonyl (C=O) groups excluding carboxylic acids is 1. The van der Waals surface area contributed by atoms with Crippen molar-refractivity contribution < 1.29 is 4.79 Å². The first kappa shape index (κ1) is 10.5. The summed E-state index contributed by atoms with van der Waals surface area (Å²) in [6, 6.07) is 4.00. The molecule has 0 spiro atoms. The van der Waals surface area contributed by atoms with E-state index in [0.717, 1.165) is 11.4 Å². The number of H-pyrrole nitrogens is 1. The van der Waals surface area contributed by atoms with Gasteiger partial charge in [0.1, 0.15) is 6.54 Å². The smallest absolute Gasteiger partial charge is 0.244 e. The molecule has 0 bridgehead atoms. The van der Waals surface area contributed by atoms with E-state index in [1.807, 2.05) is 30.5 Å². The van der Waals surface area contributed by atoms with Crippen LogP contribution in [0.1, 0.15) is 11.4 Å². The van der Waals surface area contributed by atoms with Gasteiger partial charge in [-0.3, -0.25) is 9.89 Å². The van der Waals surface area contributed by atoms with Crippen molar-refractivity contribution in [2.24, 2.45) is 0 Å². The first-order chi connectivity index (χ1) is 7.66. The summed E-state index contributed by atoms with van der Waals surface area (Å²) >= 11 is 0. The number of hydrogen-bond acceptors (Lipinski definition) is 2. The van der Waals surface area contributed by atoms with Gasteiger partial charge in [0.25, 0.3) is 0 Å². The summed E-state index contributed by atoms with van der Waals surface area (Å²) in [5.74, 6) is -0.0520. The van der Waals surface area contributed by atoms with E-state index in [9.17, 15) is 4.79 Å². The highest BCUT2D eigenvalue weighted by molar-refractivity contribution is 5.90. The van der Waals surface area contributed by atoms with E-state index in [-0.39, 0.29) is 5.91 Å². The van der Waals surface area contributed by atoms with E-state index in [1.54, 1.807) is 12.4 Å². The third-order valence-electron chi connectivity index (χ3n) is 2.50. The monoisotopic (exact) mass is 218 g/mol. The minimum atomic E-state index is -0.0520. The number of nitrogens with zero attached hydrogens (tertiary/aromatic N) is 2. The van der Waals surface area contributed by atoms with E-state index in [0.29, 0.717) is 12.2 Å². The molecule has 0 saturated heterocycles. The van der Waals surface area contributed by atoms with Crippen molar-refractivity contribution in [2.75, 3.05) is 5.32 Å². The largest absolute Gasteiger partial charge is 0.340 e. The summed E-state index contributed by atoms with van der Waals surface area (Å²) in [5.41, 5.74) is 2.85. The van der Waals surface area contributed by atoms with Crippen LogP contribution in [-0.2, 0) is 11.3 Å². The SMILES string of the molecule is Cc1ccc(C)n1CC(=O)Nc1cn[nH]c1. The van der Waals surface area contributed by atoms with E-state index >= 15 is 0 Å². The van der Waals surface area contributed by atoms with Crippen LogP contribution < -0.4 is 5.32 Å². The molecule has 0 saturated carbocycles. The molecule has 1 amide bonds. The summed E-state index contributed by atoms with van der Waals surface area (Å²) in [5, 5.41) is 9.17. The zero-order valence-corrected chi connectivity index (χ0v) is 9.32. The van der Waals surface area contributed by atoms with Crippen LogP contribution in [0.25, 0.3) is 0 Å². The van der Waals surface area contributed by atoms with Gasteiger partial charge in [0, 0.05) is 17.6 Å². The van der Waals surface area contributed by atoms with E-state index in [2.05, 4.69) is 15.5 Å². The molecule has 0 aromatic carbocycles. The number of carbonyl (C=O) groups is 1. The molecule has 5 nitrogen and oxygen atoms in total. The summed E-state index contributed by atoms with van der Waals surface area (Å²) < 4.78 is 1.97. The second-order valence-corrected chi connectivity index (χ2v) is 3.74. The Morgan fingerprint density at radius 1 is 1.44 bits per heavy atom. The summed E-state index contributed by atoms with van der Waals surface area (Å²) in [7, 11) is 0. The summed E-state index contributed by atoms with van der Waals surface area (Å²) in [6.07, 6.45) is 3.22. The second kappa shape index (κ2) is 4.22. The van der Waals surface area contributed by atoms with E-state index < -0.39 is 0 Å². The van der Waals surface area contributed by atoms with Crippen LogP contribution >= 0.6 is 0 Å². The lowest BCUT2D eigenvalue weighted by Crippen LogP contribution is -2.19. The van der Waals surface area contributed by atoms with Crippen LogP contribution in [0.2, 0.25) is 0 Å². The van der Waals surface area contributed by atoms with Gasteiger partial charge in [0.05, 0.1) is 11.9 Å². The fourth-order valence-corrected chi connectivity index (χ4v) is 1.61. The standard InChI is InChI=1S/C11H14N4O/c1-8-3-4-9(2)15(8)7-11(16)14-10-5-12-13-6-10/h3-6H,7H2,1-2H3,(H,12,13)(H,14,16). The maximum absolute atomic E-state index is 11.7. The Balaban J connectivity index is 2.03. The topological polar surface area (TPSA) is 62.7 Å². The maximum atomic E-state index is 11.7. The normalized spacial score (nSPS) is 10.4. The summed E-state index contributed by atoms with van der Waals surface area (Å²) in [4.78, 5) is 11.7.